The van der Waals surface area contributed by atoms with Crippen molar-refractivity contribution in [3.05, 3.63) is 89.7 Å². The van der Waals surface area contributed by atoms with Crippen molar-refractivity contribution >= 4 is 11.6 Å². The average molecular weight is 425 g/mol. The molecule has 3 rings (SSSR count). The fraction of sp³-hybridized carbons (Fsp3) is 0.364. The molecule has 31 heavy (non-hydrogen) atoms. The van der Waals surface area contributed by atoms with Crippen molar-refractivity contribution in [3.8, 4) is 0 Å². The van der Waals surface area contributed by atoms with Crippen LogP contribution >= 0.6 is 0 Å². The molecule has 9 nitrogen and oxygen atoms in total. The first-order chi connectivity index (χ1) is 14.6. The molecular formula is C22H27N5O4. The van der Waals surface area contributed by atoms with Gasteiger partial charge in [0.2, 0.25) is 0 Å². The molecule has 0 aliphatic heterocycles. The minimum absolute atomic E-state index is 0.181. The lowest BCUT2D eigenvalue weighted by atomic mass is 10.1. The molecule has 0 saturated heterocycles. The zero-order chi connectivity index (χ0) is 22.9. The van der Waals surface area contributed by atoms with Crippen molar-refractivity contribution in [2.75, 3.05) is 4.90 Å². The maximum atomic E-state index is 12.7. The fourth-order valence-electron chi connectivity index (χ4n) is 3.65. The summed E-state index contributed by atoms with van der Waals surface area (Å²) in [7, 11) is 0. The lowest BCUT2D eigenvalue weighted by Crippen LogP contribution is -2.40. The zero-order valence-electron chi connectivity index (χ0n) is 18.2. The highest BCUT2D eigenvalue weighted by Crippen LogP contribution is 2.30. The maximum Gasteiger partial charge on any atom is 0.330 e. The van der Waals surface area contributed by atoms with Gasteiger partial charge in [0.25, 0.3) is 11.1 Å². The van der Waals surface area contributed by atoms with Gasteiger partial charge in [-0.15, -0.1) is 0 Å². The molecule has 2 aromatic heterocycles. The zero-order valence-corrected chi connectivity index (χ0v) is 18.2. The van der Waals surface area contributed by atoms with Crippen LogP contribution < -0.4 is 27.4 Å². The topological polar surface area (TPSA) is 113 Å². The number of hydrogen-bond acceptors (Lipinski definition) is 5. The summed E-state index contributed by atoms with van der Waals surface area (Å²) in [5.74, 6) is 0.362. The van der Waals surface area contributed by atoms with Crippen LogP contribution in [-0.2, 0) is 0 Å². The van der Waals surface area contributed by atoms with Gasteiger partial charge < -0.3 is 4.90 Å². The van der Waals surface area contributed by atoms with Gasteiger partial charge in [0.15, 0.2) is 0 Å². The van der Waals surface area contributed by atoms with Crippen LogP contribution in [0.3, 0.4) is 0 Å². The molecule has 1 aromatic carbocycles. The number of nitrogens with zero attached hydrogens (tertiary/aromatic N) is 3. The second kappa shape index (κ2) is 8.63. The first kappa shape index (κ1) is 22.1. The van der Waals surface area contributed by atoms with Gasteiger partial charge in [-0.05, 0) is 40.2 Å². The van der Waals surface area contributed by atoms with Gasteiger partial charge >= 0.3 is 11.4 Å². The predicted octanol–water partition coefficient (Wildman–Crippen LogP) is 2.45. The van der Waals surface area contributed by atoms with Gasteiger partial charge in [-0.1, -0.05) is 30.3 Å². The number of aromatic amines is 2. The molecule has 0 spiro atoms. The number of nitrogens with one attached hydrogen (secondary N) is 2. The summed E-state index contributed by atoms with van der Waals surface area (Å²) in [4.78, 5) is 57.6. The van der Waals surface area contributed by atoms with Crippen LogP contribution in [0.1, 0.15) is 58.3 Å². The Morgan fingerprint density at radius 3 is 1.48 bits per heavy atom. The number of hydrogen-bond donors (Lipinski definition) is 2. The Kier molecular flexibility index (Phi) is 6.14. The average Bonchev–Trinajstić information content (AvgIpc) is 2.67. The quantitative estimate of drug-likeness (QED) is 0.630. The Bertz CT molecular complexity index is 1160. The lowest BCUT2D eigenvalue weighted by molar-refractivity contribution is 0.540. The van der Waals surface area contributed by atoms with Crippen LogP contribution in [0.25, 0.3) is 0 Å². The summed E-state index contributed by atoms with van der Waals surface area (Å²) in [5, 5.41) is 0. The molecule has 0 unspecified atom stereocenters. The molecular weight excluding hydrogens is 398 g/mol. The van der Waals surface area contributed by atoms with Gasteiger partial charge in [0, 0.05) is 24.2 Å². The van der Waals surface area contributed by atoms with E-state index in [1.165, 1.54) is 12.1 Å². The lowest BCUT2D eigenvalue weighted by Gasteiger charge is -2.31. The van der Waals surface area contributed by atoms with E-state index in [1.807, 2.05) is 37.3 Å². The van der Waals surface area contributed by atoms with Crippen LogP contribution in [0.4, 0.5) is 11.6 Å². The molecule has 0 amide bonds. The Hall–Kier alpha value is -3.62. The minimum Gasteiger partial charge on any atom is -0.306 e. The first-order valence-electron chi connectivity index (χ1n) is 10.2. The van der Waals surface area contributed by atoms with Gasteiger partial charge in [0.1, 0.15) is 11.6 Å². The molecule has 1 atom stereocenters. The normalized spacial score (nSPS) is 12.4. The summed E-state index contributed by atoms with van der Waals surface area (Å²) in [6, 6.07) is 10.9. The van der Waals surface area contributed by atoms with Crippen molar-refractivity contribution < 1.29 is 0 Å². The van der Waals surface area contributed by atoms with E-state index in [4.69, 9.17) is 0 Å². The van der Waals surface area contributed by atoms with Crippen LogP contribution in [0, 0.1) is 0 Å². The van der Waals surface area contributed by atoms with Gasteiger partial charge in [0.05, 0.1) is 6.04 Å². The molecule has 2 heterocycles. The Morgan fingerprint density at radius 2 is 1.13 bits per heavy atom. The van der Waals surface area contributed by atoms with Crippen LogP contribution in [0.15, 0.2) is 61.6 Å². The molecule has 0 saturated carbocycles. The Balaban J connectivity index is 2.27. The van der Waals surface area contributed by atoms with Gasteiger partial charge in [-0.3, -0.25) is 28.7 Å². The SMILES string of the molecule is CC(C)n1c(=O)cc(N(c2cc(=O)n(C(C)C)c(=O)[nH]2)[C@@H](C)c2ccccc2)[nH]c1=O. The molecule has 2 N–H and O–H groups in total. The Morgan fingerprint density at radius 1 is 0.710 bits per heavy atom. The summed E-state index contributed by atoms with van der Waals surface area (Å²) in [5.41, 5.74) is -1.22. The molecule has 0 bridgehead atoms. The van der Waals surface area contributed by atoms with Gasteiger partial charge in [-0.2, -0.15) is 0 Å². The largest absolute Gasteiger partial charge is 0.330 e. The summed E-state index contributed by atoms with van der Waals surface area (Å²) >= 11 is 0. The van der Waals surface area contributed by atoms with E-state index in [2.05, 4.69) is 9.97 Å². The van der Waals surface area contributed by atoms with Crippen molar-refractivity contribution in [2.24, 2.45) is 0 Å². The van der Waals surface area contributed by atoms with E-state index < -0.39 is 28.5 Å². The van der Waals surface area contributed by atoms with Crippen LogP contribution in [0.2, 0.25) is 0 Å². The molecule has 9 heteroatoms. The smallest absolute Gasteiger partial charge is 0.306 e. The number of H-pyrrole nitrogens is 2. The molecule has 0 aliphatic carbocycles. The molecule has 164 valence electrons. The first-order valence-corrected chi connectivity index (χ1v) is 10.2. The van der Waals surface area contributed by atoms with Crippen molar-refractivity contribution in [1.82, 2.24) is 19.1 Å². The molecule has 0 aliphatic rings. The third-order valence-electron chi connectivity index (χ3n) is 5.12. The van der Waals surface area contributed by atoms with E-state index in [9.17, 15) is 19.2 Å². The van der Waals surface area contributed by atoms with E-state index >= 15 is 0 Å². The van der Waals surface area contributed by atoms with Crippen molar-refractivity contribution in [3.63, 3.8) is 0 Å². The molecule has 3 aromatic rings. The number of aromatic nitrogens is 4. The highest BCUT2D eigenvalue weighted by molar-refractivity contribution is 5.57. The molecule has 0 radical (unpaired) electrons. The summed E-state index contributed by atoms with van der Waals surface area (Å²) in [6.45, 7) is 8.81. The Labute approximate surface area is 178 Å². The third-order valence-corrected chi connectivity index (χ3v) is 5.12. The second-order valence-corrected chi connectivity index (χ2v) is 7.98. The van der Waals surface area contributed by atoms with Crippen LogP contribution in [0.5, 0.6) is 0 Å². The third kappa shape index (κ3) is 4.30. The highest BCUT2D eigenvalue weighted by atomic mass is 16.2. The van der Waals surface area contributed by atoms with Crippen LogP contribution in [-0.4, -0.2) is 19.1 Å². The van der Waals surface area contributed by atoms with E-state index in [-0.39, 0.29) is 23.7 Å². The monoisotopic (exact) mass is 425 g/mol. The van der Waals surface area contributed by atoms with E-state index in [1.54, 1.807) is 32.6 Å². The minimum atomic E-state index is -0.569. The number of benzene rings is 1. The van der Waals surface area contributed by atoms with E-state index in [0.717, 1.165) is 14.7 Å². The summed E-state index contributed by atoms with van der Waals surface area (Å²) in [6.07, 6.45) is 0. The highest BCUT2D eigenvalue weighted by Gasteiger charge is 2.23. The standard InChI is InChI=1S/C22H27N5O4/c1-13(2)25-19(28)11-17(23-21(25)30)27(15(5)16-9-7-6-8-10-16)18-12-20(29)26(14(3)4)22(31)24-18/h6-15H,1-5H3,(H,23,30)(H,24,31)/t15-/m0/s1. The summed E-state index contributed by atoms with van der Waals surface area (Å²) < 4.78 is 2.21. The number of anilines is 2. The van der Waals surface area contributed by atoms with Gasteiger partial charge in [-0.25, -0.2) is 9.59 Å². The predicted molar refractivity (Wildman–Crippen MR) is 120 cm³/mol. The fourth-order valence-corrected chi connectivity index (χ4v) is 3.65. The maximum absolute atomic E-state index is 12.7. The number of rotatable bonds is 6. The van der Waals surface area contributed by atoms with Crippen molar-refractivity contribution in [2.45, 2.75) is 52.7 Å². The van der Waals surface area contributed by atoms with Crippen molar-refractivity contribution in [1.29, 1.82) is 0 Å². The van der Waals surface area contributed by atoms with E-state index in [0.29, 0.717) is 0 Å². The molecule has 0 fully saturated rings. The second-order valence-electron chi connectivity index (χ2n) is 7.98.